The van der Waals surface area contributed by atoms with E-state index in [1.807, 2.05) is 0 Å². The van der Waals surface area contributed by atoms with Crippen LogP contribution in [0.5, 0.6) is 0 Å². The molecule has 0 bridgehead atoms. The molecule has 0 aliphatic heterocycles. The third kappa shape index (κ3) is 2.69. The van der Waals surface area contributed by atoms with E-state index in [0.717, 1.165) is 0 Å². The molecule has 0 saturated heterocycles. The Morgan fingerprint density at radius 1 is 1.38 bits per heavy atom. The van der Waals surface area contributed by atoms with Gasteiger partial charge in [-0.3, -0.25) is 0 Å². The van der Waals surface area contributed by atoms with Gasteiger partial charge in [0.1, 0.15) is 0 Å². The number of aromatic nitrogens is 2. The predicted octanol–water partition coefficient (Wildman–Crippen LogP) is 1.01. The summed E-state index contributed by atoms with van der Waals surface area (Å²) in [6, 6.07) is 0. The van der Waals surface area contributed by atoms with Crippen LogP contribution in [0.25, 0.3) is 0 Å². The van der Waals surface area contributed by atoms with Crippen molar-refractivity contribution in [1.29, 1.82) is 0 Å². The molecule has 0 unspecified atom stereocenters. The van der Waals surface area contributed by atoms with Crippen LogP contribution in [-0.4, -0.2) is 21.9 Å². The van der Waals surface area contributed by atoms with E-state index in [1.165, 1.54) is 0 Å². The molecule has 1 aromatic rings. The van der Waals surface area contributed by atoms with Gasteiger partial charge in [0.2, 0.25) is 5.89 Å². The Hall–Kier alpha value is -1.11. The average molecular weight is 196 g/mol. The molecule has 0 spiro atoms. The van der Waals surface area contributed by atoms with Gasteiger partial charge in [0.15, 0.2) is 0 Å². The lowest BCUT2D eigenvalue weighted by molar-refractivity contribution is -0.146. The summed E-state index contributed by atoms with van der Waals surface area (Å²) >= 11 is 0. The Bertz CT molecular complexity index is 271. The van der Waals surface area contributed by atoms with E-state index in [1.54, 1.807) is 0 Å². The van der Waals surface area contributed by atoms with Crippen molar-refractivity contribution in [3.63, 3.8) is 0 Å². The lowest BCUT2D eigenvalue weighted by atomic mass is 10.3. The SMILES string of the molecule is OCCCc1nc(C(F)(F)F)no1. The molecule has 0 amide bonds. The first-order chi connectivity index (χ1) is 6.04. The Labute approximate surface area is 71.4 Å². The summed E-state index contributed by atoms with van der Waals surface area (Å²) in [5, 5.41) is 11.1. The molecule has 0 atom stereocenters. The van der Waals surface area contributed by atoms with E-state index < -0.39 is 12.0 Å². The number of hydrogen-bond acceptors (Lipinski definition) is 4. The maximum atomic E-state index is 11.9. The summed E-state index contributed by atoms with van der Waals surface area (Å²) in [7, 11) is 0. The normalized spacial score (nSPS) is 12.0. The molecule has 0 radical (unpaired) electrons. The number of aryl methyl sites for hydroxylation is 1. The van der Waals surface area contributed by atoms with E-state index in [4.69, 9.17) is 5.11 Å². The fourth-order valence-electron chi connectivity index (χ4n) is 0.702. The maximum Gasteiger partial charge on any atom is 0.455 e. The number of hydrogen-bond donors (Lipinski definition) is 1. The van der Waals surface area contributed by atoms with Crippen LogP contribution in [0.4, 0.5) is 13.2 Å². The molecule has 0 fully saturated rings. The highest BCUT2D eigenvalue weighted by Gasteiger charge is 2.37. The molecule has 7 heteroatoms. The third-order valence-electron chi connectivity index (χ3n) is 1.27. The van der Waals surface area contributed by atoms with E-state index in [0.29, 0.717) is 6.42 Å². The third-order valence-corrected chi connectivity index (χ3v) is 1.27. The molecule has 0 aliphatic carbocycles. The van der Waals surface area contributed by atoms with Gasteiger partial charge in [-0.05, 0) is 6.42 Å². The van der Waals surface area contributed by atoms with Gasteiger partial charge in [-0.1, -0.05) is 5.16 Å². The second kappa shape index (κ2) is 3.73. The largest absolute Gasteiger partial charge is 0.455 e. The van der Waals surface area contributed by atoms with Crippen LogP contribution in [0.2, 0.25) is 0 Å². The Kier molecular flexibility index (Phi) is 2.86. The lowest BCUT2D eigenvalue weighted by Crippen LogP contribution is -2.07. The highest BCUT2D eigenvalue weighted by atomic mass is 19.4. The monoisotopic (exact) mass is 196 g/mol. The van der Waals surface area contributed by atoms with Gasteiger partial charge in [0, 0.05) is 13.0 Å². The Balaban J connectivity index is 2.64. The number of alkyl halides is 3. The fourth-order valence-corrected chi connectivity index (χ4v) is 0.702. The minimum atomic E-state index is -4.57. The van der Waals surface area contributed by atoms with Crippen molar-refractivity contribution in [1.82, 2.24) is 10.1 Å². The molecule has 4 nitrogen and oxygen atoms in total. The van der Waals surface area contributed by atoms with E-state index in [-0.39, 0.29) is 18.9 Å². The molecule has 1 heterocycles. The summed E-state index contributed by atoms with van der Waals surface area (Å²) in [6.07, 6.45) is -4.11. The second-order valence-corrected chi connectivity index (χ2v) is 2.34. The quantitative estimate of drug-likeness (QED) is 0.783. The Morgan fingerprint density at radius 3 is 2.54 bits per heavy atom. The minimum Gasteiger partial charge on any atom is -0.396 e. The summed E-state index contributed by atoms with van der Waals surface area (Å²) < 4.78 is 40.0. The van der Waals surface area contributed by atoms with Gasteiger partial charge in [-0.25, -0.2) is 0 Å². The van der Waals surface area contributed by atoms with Crippen LogP contribution in [0.3, 0.4) is 0 Å². The van der Waals surface area contributed by atoms with Gasteiger partial charge in [0.25, 0.3) is 5.82 Å². The number of rotatable bonds is 3. The molecule has 1 rings (SSSR count). The van der Waals surface area contributed by atoms with Crippen LogP contribution in [0, 0.1) is 0 Å². The van der Waals surface area contributed by atoms with Crippen molar-refractivity contribution in [3.8, 4) is 0 Å². The van der Waals surface area contributed by atoms with E-state index in [2.05, 4.69) is 14.7 Å². The zero-order valence-electron chi connectivity index (χ0n) is 6.51. The molecule has 0 aromatic carbocycles. The molecule has 1 aromatic heterocycles. The van der Waals surface area contributed by atoms with Crippen molar-refractivity contribution in [2.45, 2.75) is 19.0 Å². The summed E-state index contributed by atoms with van der Waals surface area (Å²) in [4.78, 5) is 3.11. The number of aliphatic hydroxyl groups is 1. The second-order valence-electron chi connectivity index (χ2n) is 2.34. The first-order valence-electron chi connectivity index (χ1n) is 3.54. The molecule has 13 heavy (non-hydrogen) atoms. The van der Waals surface area contributed by atoms with Crippen molar-refractivity contribution in [2.75, 3.05) is 6.61 Å². The van der Waals surface area contributed by atoms with Crippen LogP contribution >= 0.6 is 0 Å². The topological polar surface area (TPSA) is 59.2 Å². The van der Waals surface area contributed by atoms with E-state index in [9.17, 15) is 13.2 Å². The summed E-state index contributed by atoms with van der Waals surface area (Å²) in [6.45, 7) is -0.121. The smallest absolute Gasteiger partial charge is 0.396 e. The maximum absolute atomic E-state index is 11.9. The van der Waals surface area contributed by atoms with Gasteiger partial charge in [0.05, 0.1) is 0 Å². The molecule has 1 N–H and O–H groups in total. The van der Waals surface area contributed by atoms with Gasteiger partial charge < -0.3 is 9.63 Å². The van der Waals surface area contributed by atoms with Crippen LogP contribution in [0.15, 0.2) is 4.52 Å². The standard InChI is InChI=1S/C6H7F3N2O2/c7-6(8,9)5-10-4(13-11-5)2-1-3-12/h12H,1-3H2. The minimum absolute atomic E-state index is 0.110. The highest BCUT2D eigenvalue weighted by molar-refractivity contribution is 4.90. The molecular weight excluding hydrogens is 189 g/mol. The van der Waals surface area contributed by atoms with Crippen molar-refractivity contribution in [2.24, 2.45) is 0 Å². The van der Waals surface area contributed by atoms with E-state index >= 15 is 0 Å². The zero-order valence-corrected chi connectivity index (χ0v) is 6.51. The lowest BCUT2D eigenvalue weighted by Gasteiger charge is -1.96. The molecular formula is C6H7F3N2O2. The first-order valence-corrected chi connectivity index (χ1v) is 3.54. The van der Waals surface area contributed by atoms with Gasteiger partial charge in [-0.15, -0.1) is 0 Å². The van der Waals surface area contributed by atoms with Crippen LogP contribution < -0.4 is 0 Å². The van der Waals surface area contributed by atoms with Crippen LogP contribution in [-0.2, 0) is 12.6 Å². The van der Waals surface area contributed by atoms with Gasteiger partial charge in [-0.2, -0.15) is 18.2 Å². The number of halogens is 3. The first kappa shape index (κ1) is 9.97. The zero-order chi connectivity index (χ0) is 9.90. The van der Waals surface area contributed by atoms with Crippen LogP contribution in [0.1, 0.15) is 18.1 Å². The predicted molar refractivity (Wildman–Crippen MR) is 34.7 cm³/mol. The average Bonchev–Trinajstić information content (AvgIpc) is 2.47. The molecule has 74 valence electrons. The summed E-state index contributed by atoms with van der Waals surface area (Å²) in [5.74, 6) is -1.39. The number of aliphatic hydroxyl groups excluding tert-OH is 1. The molecule has 0 aliphatic rings. The molecule has 0 saturated carbocycles. The Morgan fingerprint density at radius 2 is 2.08 bits per heavy atom. The fraction of sp³-hybridized carbons (Fsp3) is 0.667. The van der Waals surface area contributed by atoms with Crippen molar-refractivity contribution in [3.05, 3.63) is 11.7 Å². The number of nitrogens with zero attached hydrogens (tertiary/aromatic N) is 2. The van der Waals surface area contributed by atoms with Crippen molar-refractivity contribution < 1.29 is 22.8 Å². The van der Waals surface area contributed by atoms with Gasteiger partial charge >= 0.3 is 6.18 Å². The van der Waals surface area contributed by atoms with Crippen molar-refractivity contribution >= 4 is 0 Å². The highest BCUT2D eigenvalue weighted by Crippen LogP contribution is 2.26. The summed E-state index contributed by atoms with van der Waals surface area (Å²) in [5.41, 5.74) is 0.